The van der Waals surface area contributed by atoms with E-state index in [4.69, 9.17) is 18.0 Å². The molecule has 0 aliphatic heterocycles. The Bertz CT molecular complexity index is 474. The SMILES string of the molecule is C#CCCCNc1cnn(C(C)C)c(=O)c1Cl. The molecule has 5 heteroatoms. The van der Waals surface area contributed by atoms with Gasteiger partial charge in [0.05, 0.1) is 17.9 Å². The van der Waals surface area contributed by atoms with Crippen LogP contribution in [0.5, 0.6) is 0 Å². The van der Waals surface area contributed by atoms with Crippen LogP contribution in [-0.2, 0) is 0 Å². The predicted octanol–water partition coefficient (Wildman–Crippen LogP) is 2.30. The van der Waals surface area contributed by atoms with Crippen molar-refractivity contribution in [3.05, 3.63) is 21.6 Å². The molecule has 1 aromatic heterocycles. The lowest BCUT2D eigenvalue weighted by atomic mass is 10.3. The monoisotopic (exact) mass is 253 g/mol. The van der Waals surface area contributed by atoms with Gasteiger partial charge in [0.2, 0.25) is 0 Å². The van der Waals surface area contributed by atoms with Gasteiger partial charge >= 0.3 is 0 Å². The Labute approximate surface area is 106 Å². The zero-order valence-corrected chi connectivity index (χ0v) is 10.8. The minimum Gasteiger partial charge on any atom is -0.382 e. The number of unbranched alkanes of at least 4 members (excludes halogenated alkanes) is 1. The summed E-state index contributed by atoms with van der Waals surface area (Å²) in [5, 5.41) is 7.28. The molecule has 0 aliphatic rings. The van der Waals surface area contributed by atoms with Crippen LogP contribution in [0.4, 0.5) is 5.69 Å². The average molecular weight is 254 g/mol. The van der Waals surface area contributed by atoms with Gasteiger partial charge in [-0.3, -0.25) is 4.79 Å². The molecule has 0 spiro atoms. The number of rotatable bonds is 5. The van der Waals surface area contributed by atoms with Crippen LogP contribution in [0.1, 0.15) is 32.7 Å². The fraction of sp³-hybridized carbons (Fsp3) is 0.500. The lowest BCUT2D eigenvalue weighted by Crippen LogP contribution is -2.25. The summed E-state index contributed by atoms with van der Waals surface area (Å²) in [6.07, 6.45) is 8.24. The van der Waals surface area contributed by atoms with Crippen molar-refractivity contribution < 1.29 is 0 Å². The van der Waals surface area contributed by atoms with Crippen LogP contribution in [0, 0.1) is 12.3 Å². The zero-order valence-electron chi connectivity index (χ0n) is 10.0. The molecule has 1 aromatic rings. The highest BCUT2D eigenvalue weighted by Gasteiger charge is 2.10. The van der Waals surface area contributed by atoms with Gasteiger partial charge in [0.25, 0.3) is 5.56 Å². The zero-order chi connectivity index (χ0) is 12.8. The van der Waals surface area contributed by atoms with Crippen molar-refractivity contribution >= 4 is 17.3 Å². The minimum absolute atomic E-state index is 0.00418. The van der Waals surface area contributed by atoms with E-state index in [9.17, 15) is 4.79 Å². The number of nitrogens with zero attached hydrogens (tertiary/aromatic N) is 2. The van der Waals surface area contributed by atoms with Gasteiger partial charge in [0, 0.05) is 13.0 Å². The third kappa shape index (κ3) is 3.50. The van der Waals surface area contributed by atoms with E-state index < -0.39 is 0 Å². The number of halogens is 1. The van der Waals surface area contributed by atoms with Gasteiger partial charge in [-0.05, 0) is 20.3 Å². The van der Waals surface area contributed by atoms with E-state index in [0.717, 1.165) is 6.42 Å². The molecule has 0 amide bonds. The quantitative estimate of drug-likeness (QED) is 0.647. The van der Waals surface area contributed by atoms with Gasteiger partial charge in [-0.1, -0.05) is 11.6 Å². The molecule has 1 N–H and O–H groups in total. The topological polar surface area (TPSA) is 46.9 Å². The summed E-state index contributed by atoms with van der Waals surface area (Å²) >= 11 is 5.98. The van der Waals surface area contributed by atoms with Crippen LogP contribution in [0.3, 0.4) is 0 Å². The predicted molar refractivity (Wildman–Crippen MR) is 70.4 cm³/mol. The van der Waals surface area contributed by atoms with E-state index in [2.05, 4.69) is 16.3 Å². The Morgan fingerprint density at radius 1 is 1.65 bits per heavy atom. The minimum atomic E-state index is -0.274. The molecular weight excluding hydrogens is 238 g/mol. The molecular formula is C12H16ClN3O. The second-order valence-corrected chi connectivity index (χ2v) is 4.33. The van der Waals surface area contributed by atoms with Crippen molar-refractivity contribution in [3.8, 4) is 12.3 Å². The number of hydrogen-bond donors (Lipinski definition) is 1. The summed E-state index contributed by atoms with van der Waals surface area (Å²) in [6, 6.07) is -0.00418. The number of aromatic nitrogens is 2. The standard InChI is InChI=1S/C12H16ClN3O/c1-4-5-6-7-14-10-8-15-16(9(2)3)12(17)11(10)13/h1,8-9,14H,5-7H2,2-3H3. The third-order valence-electron chi connectivity index (χ3n) is 2.25. The smallest absolute Gasteiger partial charge is 0.287 e. The van der Waals surface area contributed by atoms with Gasteiger partial charge in [-0.25, -0.2) is 4.68 Å². The maximum absolute atomic E-state index is 11.8. The Morgan fingerprint density at radius 3 is 2.94 bits per heavy atom. The summed E-state index contributed by atoms with van der Waals surface area (Å²) in [6.45, 7) is 4.44. The first-order valence-corrected chi connectivity index (χ1v) is 5.90. The maximum Gasteiger partial charge on any atom is 0.287 e. The van der Waals surface area contributed by atoms with E-state index in [1.807, 2.05) is 13.8 Å². The van der Waals surface area contributed by atoms with Gasteiger partial charge in [0.1, 0.15) is 5.02 Å². The molecule has 0 saturated carbocycles. The number of hydrogen-bond acceptors (Lipinski definition) is 3. The van der Waals surface area contributed by atoms with E-state index in [0.29, 0.717) is 18.7 Å². The van der Waals surface area contributed by atoms with Crippen LogP contribution < -0.4 is 10.9 Å². The van der Waals surface area contributed by atoms with Gasteiger partial charge in [0.15, 0.2) is 0 Å². The largest absolute Gasteiger partial charge is 0.382 e. The lowest BCUT2D eigenvalue weighted by molar-refractivity contribution is 0.503. The second-order valence-electron chi connectivity index (χ2n) is 3.95. The van der Waals surface area contributed by atoms with Crippen LogP contribution in [-0.4, -0.2) is 16.3 Å². The molecule has 0 fully saturated rings. The van der Waals surface area contributed by atoms with E-state index >= 15 is 0 Å². The van der Waals surface area contributed by atoms with Crippen molar-refractivity contribution in [3.63, 3.8) is 0 Å². The Morgan fingerprint density at radius 2 is 2.35 bits per heavy atom. The average Bonchev–Trinajstić information content (AvgIpc) is 2.29. The van der Waals surface area contributed by atoms with Crippen LogP contribution in [0.25, 0.3) is 0 Å². The fourth-order valence-electron chi connectivity index (χ4n) is 1.35. The Hall–Kier alpha value is -1.47. The molecule has 92 valence electrons. The summed E-state index contributed by atoms with van der Waals surface area (Å²) in [7, 11) is 0. The number of terminal acetylenes is 1. The normalized spacial score (nSPS) is 10.3. The van der Waals surface area contributed by atoms with Gasteiger partial charge in [-0.15, -0.1) is 12.3 Å². The number of anilines is 1. The molecule has 1 rings (SSSR count). The van der Waals surface area contributed by atoms with E-state index in [-0.39, 0.29) is 16.6 Å². The van der Waals surface area contributed by atoms with Crippen molar-refractivity contribution in [2.45, 2.75) is 32.7 Å². The van der Waals surface area contributed by atoms with Crippen molar-refractivity contribution in [2.24, 2.45) is 0 Å². The molecule has 0 bridgehead atoms. The first-order valence-electron chi connectivity index (χ1n) is 5.52. The first kappa shape index (κ1) is 13.6. The molecule has 4 nitrogen and oxygen atoms in total. The highest BCUT2D eigenvalue weighted by atomic mass is 35.5. The molecule has 0 unspecified atom stereocenters. The summed E-state index contributed by atoms with van der Waals surface area (Å²) in [5.74, 6) is 2.55. The third-order valence-corrected chi connectivity index (χ3v) is 2.61. The molecule has 0 aromatic carbocycles. The molecule has 17 heavy (non-hydrogen) atoms. The van der Waals surface area contributed by atoms with Crippen molar-refractivity contribution in [1.82, 2.24) is 9.78 Å². The van der Waals surface area contributed by atoms with E-state index in [1.54, 1.807) is 6.20 Å². The maximum atomic E-state index is 11.8. The lowest BCUT2D eigenvalue weighted by Gasteiger charge is -2.11. The fourth-order valence-corrected chi connectivity index (χ4v) is 1.55. The summed E-state index contributed by atoms with van der Waals surface area (Å²) in [5.41, 5.74) is 0.286. The van der Waals surface area contributed by atoms with Crippen LogP contribution in [0.15, 0.2) is 11.0 Å². The molecule has 0 atom stereocenters. The van der Waals surface area contributed by atoms with Crippen LogP contribution >= 0.6 is 11.6 Å². The van der Waals surface area contributed by atoms with Crippen molar-refractivity contribution in [1.29, 1.82) is 0 Å². The van der Waals surface area contributed by atoms with E-state index in [1.165, 1.54) is 4.68 Å². The molecule has 0 radical (unpaired) electrons. The molecule has 1 heterocycles. The highest BCUT2D eigenvalue weighted by molar-refractivity contribution is 6.32. The molecule has 0 saturated heterocycles. The number of nitrogens with one attached hydrogen (secondary N) is 1. The van der Waals surface area contributed by atoms with Crippen molar-refractivity contribution in [2.75, 3.05) is 11.9 Å². The van der Waals surface area contributed by atoms with Crippen LogP contribution in [0.2, 0.25) is 5.02 Å². The molecule has 0 aliphatic carbocycles. The first-order chi connectivity index (χ1) is 8.07. The van der Waals surface area contributed by atoms with Gasteiger partial charge < -0.3 is 5.32 Å². The summed E-state index contributed by atoms with van der Waals surface area (Å²) in [4.78, 5) is 11.8. The summed E-state index contributed by atoms with van der Waals surface area (Å²) < 4.78 is 1.36. The Kier molecular flexibility index (Phi) is 5.05. The Balaban J connectivity index is 2.80. The van der Waals surface area contributed by atoms with Gasteiger partial charge in [-0.2, -0.15) is 5.10 Å². The second kappa shape index (κ2) is 6.31. The highest BCUT2D eigenvalue weighted by Crippen LogP contribution is 2.16.